The molecule has 16 heavy (non-hydrogen) atoms. The molecular formula is C12H22N2O2. The van der Waals surface area contributed by atoms with Crippen LogP contribution >= 0.6 is 0 Å². The van der Waals surface area contributed by atoms with Crippen LogP contribution in [0.5, 0.6) is 0 Å². The van der Waals surface area contributed by atoms with E-state index in [1.54, 1.807) is 0 Å². The van der Waals surface area contributed by atoms with Crippen molar-refractivity contribution in [2.45, 2.75) is 38.1 Å². The Balaban J connectivity index is 1.86. The molecule has 0 spiro atoms. The molecule has 2 saturated heterocycles. The maximum atomic E-state index is 12.1. The molecule has 0 aromatic rings. The molecule has 0 saturated carbocycles. The lowest BCUT2D eigenvalue weighted by Gasteiger charge is -2.35. The fraction of sp³-hybridized carbons (Fsp3) is 0.917. The summed E-state index contributed by atoms with van der Waals surface area (Å²) in [5, 5.41) is 12.6. The molecular weight excluding hydrogens is 204 g/mol. The van der Waals surface area contributed by atoms with Gasteiger partial charge in [0.05, 0.1) is 12.6 Å². The molecule has 4 heteroatoms. The van der Waals surface area contributed by atoms with Crippen molar-refractivity contribution in [2.75, 3.05) is 26.2 Å². The van der Waals surface area contributed by atoms with E-state index in [9.17, 15) is 9.90 Å². The number of carbonyl (C=O) groups is 1. The minimum Gasteiger partial charge on any atom is -0.394 e. The van der Waals surface area contributed by atoms with Crippen molar-refractivity contribution in [3.63, 3.8) is 0 Å². The number of aliphatic hydroxyl groups is 1. The van der Waals surface area contributed by atoms with E-state index in [1.807, 2.05) is 4.90 Å². The van der Waals surface area contributed by atoms with Gasteiger partial charge >= 0.3 is 0 Å². The van der Waals surface area contributed by atoms with Crippen LogP contribution in [-0.2, 0) is 4.79 Å². The Bertz CT molecular complexity index is 239. The van der Waals surface area contributed by atoms with Crippen LogP contribution in [0.3, 0.4) is 0 Å². The molecule has 0 radical (unpaired) electrons. The molecule has 0 aromatic heterocycles. The van der Waals surface area contributed by atoms with E-state index in [0.29, 0.717) is 12.3 Å². The predicted octanol–water partition coefficient (Wildman–Crippen LogP) is 0.359. The van der Waals surface area contributed by atoms with Gasteiger partial charge in [-0.1, -0.05) is 0 Å². The number of hydrogen-bond donors (Lipinski definition) is 2. The normalized spacial score (nSPS) is 30.7. The van der Waals surface area contributed by atoms with Gasteiger partial charge in [0.2, 0.25) is 5.91 Å². The summed E-state index contributed by atoms with van der Waals surface area (Å²) >= 11 is 0. The minimum atomic E-state index is 0.0793. The molecule has 2 aliphatic rings. The fourth-order valence-corrected chi connectivity index (χ4v) is 2.77. The largest absolute Gasteiger partial charge is 0.394 e. The van der Waals surface area contributed by atoms with Crippen molar-refractivity contribution in [2.24, 2.45) is 5.92 Å². The Morgan fingerprint density at radius 2 is 2.25 bits per heavy atom. The third kappa shape index (κ3) is 2.74. The van der Waals surface area contributed by atoms with Gasteiger partial charge in [-0.25, -0.2) is 0 Å². The smallest absolute Gasteiger partial charge is 0.223 e. The lowest BCUT2D eigenvalue weighted by molar-refractivity contribution is -0.136. The molecule has 1 amide bonds. The zero-order chi connectivity index (χ0) is 11.4. The van der Waals surface area contributed by atoms with Gasteiger partial charge in [-0.3, -0.25) is 4.79 Å². The number of nitrogens with one attached hydrogen (secondary N) is 1. The van der Waals surface area contributed by atoms with Crippen molar-refractivity contribution in [3.05, 3.63) is 0 Å². The highest BCUT2D eigenvalue weighted by atomic mass is 16.3. The first kappa shape index (κ1) is 11.9. The summed E-state index contributed by atoms with van der Waals surface area (Å²) in [5.41, 5.74) is 0. The third-order valence-electron chi connectivity index (χ3n) is 3.78. The molecule has 2 fully saturated rings. The second kappa shape index (κ2) is 5.64. The van der Waals surface area contributed by atoms with Crippen LogP contribution in [0, 0.1) is 5.92 Å². The maximum absolute atomic E-state index is 12.1. The third-order valence-corrected chi connectivity index (χ3v) is 3.78. The summed E-state index contributed by atoms with van der Waals surface area (Å²) in [7, 11) is 0. The van der Waals surface area contributed by atoms with E-state index in [4.69, 9.17) is 0 Å². The average molecular weight is 226 g/mol. The van der Waals surface area contributed by atoms with Crippen LogP contribution in [0.25, 0.3) is 0 Å². The number of hydrogen-bond acceptors (Lipinski definition) is 3. The zero-order valence-corrected chi connectivity index (χ0v) is 9.82. The Hall–Kier alpha value is -0.610. The second-order valence-electron chi connectivity index (χ2n) is 4.98. The first-order valence-electron chi connectivity index (χ1n) is 6.42. The average Bonchev–Trinajstić information content (AvgIpc) is 2.81. The first-order chi connectivity index (χ1) is 7.81. The molecule has 2 rings (SSSR count). The van der Waals surface area contributed by atoms with E-state index in [0.717, 1.165) is 45.3 Å². The zero-order valence-electron chi connectivity index (χ0n) is 9.82. The monoisotopic (exact) mass is 226 g/mol. The van der Waals surface area contributed by atoms with E-state index < -0.39 is 0 Å². The van der Waals surface area contributed by atoms with Crippen molar-refractivity contribution in [1.82, 2.24) is 10.2 Å². The standard InChI is InChI=1S/C12H22N2O2/c15-9-11-3-1-2-6-14(11)12(16)7-10-4-5-13-8-10/h10-11,13,15H,1-9H2. The second-order valence-corrected chi connectivity index (χ2v) is 4.98. The van der Waals surface area contributed by atoms with Crippen LogP contribution in [0.15, 0.2) is 0 Å². The maximum Gasteiger partial charge on any atom is 0.223 e. The predicted molar refractivity (Wildman–Crippen MR) is 62.0 cm³/mol. The Morgan fingerprint density at radius 1 is 1.38 bits per heavy atom. The summed E-state index contributed by atoms with van der Waals surface area (Å²) < 4.78 is 0. The van der Waals surface area contributed by atoms with Crippen LogP contribution in [0.4, 0.5) is 0 Å². The highest BCUT2D eigenvalue weighted by molar-refractivity contribution is 5.77. The van der Waals surface area contributed by atoms with Crippen molar-refractivity contribution in [3.8, 4) is 0 Å². The molecule has 2 heterocycles. The van der Waals surface area contributed by atoms with Gasteiger partial charge in [0.25, 0.3) is 0 Å². The van der Waals surface area contributed by atoms with Crippen molar-refractivity contribution < 1.29 is 9.90 Å². The topological polar surface area (TPSA) is 52.6 Å². The van der Waals surface area contributed by atoms with E-state index in [1.165, 1.54) is 0 Å². The van der Waals surface area contributed by atoms with Gasteiger partial charge < -0.3 is 15.3 Å². The minimum absolute atomic E-state index is 0.0793. The molecule has 4 nitrogen and oxygen atoms in total. The Kier molecular flexibility index (Phi) is 4.18. The lowest BCUT2D eigenvalue weighted by atomic mass is 9.99. The number of rotatable bonds is 3. The lowest BCUT2D eigenvalue weighted by Crippen LogP contribution is -2.46. The van der Waals surface area contributed by atoms with Crippen LogP contribution in [0.2, 0.25) is 0 Å². The number of aliphatic hydroxyl groups excluding tert-OH is 1. The van der Waals surface area contributed by atoms with E-state index in [-0.39, 0.29) is 18.6 Å². The molecule has 2 atom stereocenters. The number of piperidine rings is 1. The van der Waals surface area contributed by atoms with Gasteiger partial charge in [-0.05, 0) is 44.7 Å². The number of likely N-dealkylation sites (tertiary alicyclic amines) is 1. The highest BCUT2D eigenvalue weighted by Crippen LogP contribution is 2.20. The van der Waals surface area contributed by atoms with Crippen molar-refractivity contribution >= 4 is 5.91 Å². The molecule has 92 valence electrons. The summed E-state index contributed by atoms with van der Waals surface area (Å²) in [6.45, 7) is 2.98. The van der Waals surface area contributed by atoms with E-state index >= 15 is 0 Å². The summed E-state index contributed by atoms with van der Waals surface area (Å²) in [6.07, 6.45) is 4.96. The molecule has 2 N–H and O–H groups in total. The fourth-order valence-electron chi connectivity index (χ4n) is 2.77. The summed E-state index contributed by atoms with van der Waals surface area (Å²) in [6, 6.07) is 0.0793. The molecule has 0 bridgehead atoms. The van der Waals surface area contributed by atoms with Crippen LogP contribution in [0.1, 0.15) is 32.1 Å². The number of nitrogens with zero attached hydrogens (tertiary/aromatic N) is 1. The first-order valence-corrected chi connectivity index (χ1v) is 6.42. The van der Waals surface area contributed by atoms with Gasteiger partial charge in [-0.15, -0.1) is 0 Å². The Labute approximate surface area is 97.0 Å². The van der Waals surface area contributed by atoms with Gasteiger partial charge in [0.1, 0.15) is 0 Å². The number of carbonyl (C=O) groups excluding carboxylic acids is 1. The van der Waals surface area contributed by atoms with Crippen molar-refractivity contribution in [1.29, 1.82) is 0 Å². The molecule has 0 aliphatic carbocycles. The van der Waals surface area contributed by atoms with E-state index in [2.05, 4.69) is 5.32 Å². The summed E-state index contributed by atoms with van der Waals surface area (Å²) in [4.78, 5) is 14.0. The molecule has 2 unspecified atom stereocenters. The van der Waals surface area contributed by atoms with Gasteiger partial charge in [-0.2, -0.15) is 0 Å². The van der Waals surface area contributed by atoms with Gasteiger partial charge in [0.15, 0.2) is 0 Å². The Morgan fingerprint density at radius 3 is 2.94 bits per heavy atom. The SMILES string of the molecule is O=C(CC1CCNC1)N1CCCCC1CO. The van der Waals surface area contributed by atoms with Gasteiger partial charge in [0, 0.05) is 13.0 Å². The summed E-state index contributed by atoms with van der Waals surface area (Å²) in [5.74, 6) is 0.751. The van der Waals surface area contributed by atoms with Crippen LogP contribution in [-0.4, -0.2) is 48.2 Å². The number of amides is 1. The molecule has 0 aromatic carbocycles. The highest BCUT2D eigenvalue weighted by Gasteiger charge is 2.28. The van der Waals surface area contributed by atoms with Crippen LogP contribution < -0.4 is 5.32 Å². The molecule has 2 aliphatic heterocycles. The quantitative estimate of drug-likeness (QED) is 0.730.